The monoisotopic (exact) mass is 275 g/mol. The summed E-state index contributed by atoms with van der Waals surface area (Å²) in [5, 5.41) is 3.54. The second kappa shape index (κ2) is 7.63. The summed E-state index contributed by atoms with van der Waals surface area (Å²) in [5.74, 6) is 0.788. The van der Waals surface area contributed by atoms with E-state index in [1.807, 2.05) is 6.20 Å². The highest BCUT2D eigenvalue weighted by Gasteiger charge is 2.20. The lowest BCUT2D eigenvalue weighted by molar-refractivity contribution is 0.486. The third kappa shape index (κ3) is 4.48. The molecule has 2 rings (SSSR count). The van der Waals surface area contributed by atoms with Crippen molar-refractivity contribution in [2.24, 2.45) is 5.92 Å². The molecule has 0 radical (unpaired) electrons. The molecule has 0 spiro atoms. The van der Waals surface area contributed by atoms with Crippen LogP contribution in [0.5, 0.6) is 0 Å². The summed E-state index contributed by atoms with van der Waals surface area (Å²) in [5.41, 5.74) is 2.49. The van der Waals surface area contributed by atoms with E-state index in [2.05, 4.69) is 48.1 Å². The smallest absolute Gasteiger partial charge is 0.0562 e. The van der Waals surface area contributed by atoms with Crippen molar-refractivity contribution in [2.75, 3.05) is 18.0 Å². The van der Waals surface area contributed by atoms with E-state index in [-0.39, 0.29) is 0 Å². The van der Waals surface area contributed by atoms with Gasteiger partial charge in [0.1, 0.15) is 0 Å². The highest BCUT2D eigenvalue weighted by Crippen LogP contribution is 2.21. The van der Waals surface area contributed by atoms with Gasteiger partial charge in [-0.2, -0.15) is 0 Å². The van der Waals surface area contributed by atoms with Crippen LogP contribution in [0.3, 0.4) is 0 Å². The maximum absolute atomic E-state index is 4.49. The molecule has 0 aliphatic heterocycles. The van der Waals surface area contributed by atoms with Crippen LogP contribution in [-0.2, 0) is 6.54 Å². The zero-order valence-electron chi connectivity index (χ0n) is 13.2. The molecule has 0 unspecified atom stereocenters. The van der Waals surface area contributed by atoms with E-state index in [0.29, 0.717) is 0 Å². The van der Waals surface area contributed by atoms with Gasteiger partial charge < -0.3 is 10.2 Å². The number of aromatic nitrogens is 1. The summed E-state index contributed by atoms with van der Waals surface area (Å²) in [6.45, 7) is 9.95. The standard InChI is InChI=1S/C17H29N3/c1-4-14(5-2)13-20(6-3)17-9-10-18-16(11-17)12-19-15-7-8-15/h9-11,14-15,19H,4-8,12-13H2,1-3H3. The van der Waals surface area contributed by atoms with E-state index in [0.717, 1.165) is 37.3 Å². The van der Waals surface area contributed by atoms with Gasteiger partial charge in [0.25, 0.3) is 0 Å². The first kappa shape index (κ1) is 15.3. The first-order chi connectivity index (χ1) is 9.76. The molecular weight excluding hydrogens is 246 g/mol. The van der Waals surface area contributed by atoms with E-state index in [4.69, 9.17) is 0 Å². The van der Waals surface area contributed by atoms with Gasteiger partial charge in [-0.25, -0.2) is 0 Å². The quantitative estimate of drug-likeness (QED) is 0.746. The molecule has 3 nitrogen and oxygen atoms in total. The predicted octanol–water partition coefficient (Wildman–Crippen LogP) is 3.60. The number of hydrogen-bond donors (Lipinski definition) is 1. The minimum absolute atomic E-state index is 0.743. The minimum atomic E-state index is 0.743. The number of anilines is 1. The fourth-order valence-electron chi connectivity index (χ4n) is 2.57. The largest absolute Gasteiger partial charge is 0.371 e. The van der Waals surface area contributed by atoms with Crippen LogP contribution in [0.15, 0.2) is 18.3 Å². The summed E-state index contributed by atoms with van der Waals surface area (Å²) in [4.78, 5) is 6.97. The Morgan fingerprint density at radius 1 is 1.30 bits per heavy atom. The Morgan fingerprint density at radius 3 is 2.65 bits per heavy atom. The van der Waals surface area contributed by atoms with Crippen LogP contribution in [0.25, 0.3) is 0 Å². The topological polar surface area (TPSA) is 28.2 Å². The van der Waals surface area contributed by atoms with Gasteiger partial charge >= 0.3 is 0 Å². The van der Waals surface area contributed by atoms with Crippen LogP contribution in [-0.4, -0.2) is 24.1 Å². The molecule has 20 heavy (non-hydrogen) atoms. The van der Waals surface area contributed by atoms with Crippen molar-refractivity contribution in [3.63, 3.8) is 0 Å². The zero-order valence-corrected chi connectivity index (χ0v) is 13.2. The Hall–Kier alpha value is -1.09. The summed E-state index contributed by atoms with van der Waals surface area (Å²) < 4.78 is 0. The molecule has 0 saturated heterocycles. The van der Waals surface area contributed by atoms with Gasteiger partial charge in [0, 0.05) is 37.6 Å². The van der Waals surface area contributed by atoms with Gasteiger partial charge in [-0.1, -0.05) is 26.7 Å². The van der Waals surface area contributed by atoms with Crippen molar-refractivity contribution in [3.8, 4) is 0 Å². The van der Waals surface area contributed by atoms with Gasteiger partial charge in [0.05, 0.1) is 5.69 Å². The van der Waals surface area contributed by atoms with Crippen molar-refractivity contribution in [1.82, 2.24) is 10.3 Å². The molecule has 1 aromatic heterocycles. The first-order valence-corrected chi connectivity index (χ1v) is 8.20. The van der Waals surface area contributed by atoms with Crippen LogP contribution >= 0.6 is 0 Å². The number of nitrogens with zero attached hydrogens (tertiary/aromatic N) is 2. The van der Waals surface area contributed by atoms with Gasteiger partial charge in [0.15, 0.2) is 0 Å². The van der Waals surface area contributed by atoms with Crippen LogP contribution in [0, 0.1) is 5.92 Å². The molecular formula is C17H29N3. The van der Waals surface area contributed by atoms with Crippen LogP contribution in [0.2, 0.25) is 0 Å². The van der Waals surface area contributed by atoms with Gasteiger partial charge in [-0.3, -0.25) is 4.98 Å². The average Bonchev–Trinajstić information content (AvgIpc) is 3.31. The Bertz CT molecular complexity index is 397. The van der Waals surface area contributed by atoms with Crippen LogP contribution in [0.1, 0.15) is 52.1 Å². The van der Waals surface area contributed by atoms with Crippen molar-refractivity contribution >= 4 is 5.69 Å². The number of pyridine rings is 1. The SMILES string of the molecule is CCC(CC)CN(CC)c1ccnc(CNC2CC2)c1. The second-order valence-corrected chi connectivity index (χ2v) is 5.88. The first-order valence-electron chi connectivity index (χ1n) is 8.20. The predicted molar refractivity (Wildman–Crippen MR) is 86.1 cm³/mol. The lowest BCUT2D eigenvalue weighted by atomic mass is 10.0. The molecule has 1 aromatic rings. The highest BCUT2D eigenvalue weighted by molar-refractivity contribution is 5.46. The van der Waals surface area contributed by atoms with Crippen molar-refractivity contribution in [1.29, 1.82) is 0 Å². The summed E-state index contributed by atoms with van der Waals surface area (Å²) in [7, 11) is 0. The Labute approximate surface area is 123 Å². The maximum Gasteiger partial charge on any atom is 0.0562 e. The van der Waals surface area contributed by atoms with Crippen molar-refractivity contribution in [3.05, 3.63) is 24.0 Å². The van der Waals surface area contributed by atoms with Crippen LogP contribution in [0.4, 0.5) is 5.69 Å². The molecule has 1 aliphatic carbocycles. The normalized spacial score (nSPS) is 14.8. The number of hydrogen-bond acceptors (Lipinski definition) is 3. The second-order valence-electron chi connectivity index (χ2n) is 5.88. The van der Waals surface area contributed by atoms with Gasteiger partial charge in [-0.15, -0.1) is 0 Å². The van der Waals surface area contributed by atoms with E-state index in [1.165, 1.54) is 31.4 Å². The zero-order chi connectivity index (χ0) is 14.4. The van der Waals surface area contributed by atoms with Crippen LogP contribution < -0.4 is 10.2 Å². The molecule has 0 amide bonds. The average molecular weight is 275 g/mol. The van der Waals surface area contributed by atoms with Gasteiger partial charge in [0.2, 0.25) is 0 Å². The fraction of sp³-hybridized carbons (Fsp3) is 0.706. The molecule has 0 bridgehead atoms. The lowest BCUT2D eigenvalue weighted by Crippen LogP contribution is -2.29. The molecule has 1 aliphatic rings. The highest BCUT2D eigenvalue weighted by atomic mass is 15.1. The molecule has 3 heteroatoms. The third-order valence-corrected chi connectivity index (χ3v) is 4.33. The van der Waals surface area contributed by atoms with E-state index < -0.39 is 0 Å². The molecule has 1 saturated carbocycles. The third-order valence-electron chi connectivity index (χ3n) is 4.33. The molecule has 112 valence electrons. The van der Waals surface area contributed by atoms with Crippen molar-refractivity contribution in [2.45, 2.75) is 59.0 Å². The maximum atomic E-state index is 4.49. The summed E-state index contributed by atoms with van der Waals surface area (Å²) in [6, 6.07) is 5.14. The van der Waals surface area contributed by atoms with E-state index in [9.17, 15) is 0 Å². The fourth-order valence-corrected chi connectivity index (χ4v) is 2.57. The minimum Gasteiger partial charge on any atom is -0.371 e. The molecule has 1 N–H and O–H groups in total. The molecule has 1 heterocycles. The van der Waals surface area contributed by atoms with Crippen molar-refractivity contribution < 1.29 is 0 Å². The van der Waals surface area contributed by atoms with E-state index >= 15 is 0 Å². The van der Waals surface area contributed by atoms with Gasteiger partial charge in [-0.05, 0) is 37.8 Å². The molecule has 0 atom stereocenters. The molecule has 0 aromatic carbocycles. The lowest BCUT2D eigenvalue weighted by Gasteiger charge is -2.27. The summed E-state index contributed by atoms with van der Waals surface area (Å²) >= 11 is 0. The molecule has 1 fully saturated rings. The van der Waals surface area contributed by atoms with E-state index in [1.54, 1.807) is 0 Å². The number of nitrogens with one attached hydrogen (secondary N) is 1. The Morgan fingerprint density at radius 2 is 2.05 bits per heavy atom. The Kier molecular flexibility index (Phi) is 5.84. The number of rotatable bonds is 9. The summed E-state index contributed by atoms with van der Waals surface area (Å²) in [6.07, 6.45) is 7.13. The Balaban J connectivity index is 1.98.